The first-order chi connectivity index (χ1) is 32.1. The van der Waals surface area contributed by atoms with E-state index in [0.29, 0.717) is 31.8 Å². The van der Waals surface area contributed by atoms with Crippen molar-refractivity contribution in [3.05, 3.63) is 141 Å². The summed E-state index contributed by atoms with van der Waals surface area (Å²) in [6.07, 6.45) is 2.45. The lowest BCUT2D eigenvalue weighted by Crippen LogP contribution is -2.28. The third kappa shape index (κ3) is 14.0. The van der Waals surface area contributed by atoms with Crippen molar-refractivity contribution in [2.24, 2.45) is 14.0 Å². The number of nitrogens with zero attached hydrogens (tertiary/aromatic N) is 10. The molecule has 2 aromatic carbocycles. The molecule has 0 unspecified atom stereocenters. The first kappa shape index (κ1) is 43.7. The molecule has 0 radical (unpaired) electrons. The Morgan fingerprint density at radius 1 is 0.785 bits per heavy atom. The minimum Gasteiger partial charge on any atom is -0.504 e. The maximum atomic E-state index is 14.1. The van der Waals surface area contributed by atoms with Gasteiger partial charge in [-0.05, 0) is 104 Å². The second kappa shape index (κ2) is 23.5. The maximum Gasteiger partial charge on any atom is 0.254 e. The fourth-order valence-corrected chi connectivity index (χ4v) is 5.95. The molecule has 0 aliphatic heterocycles. The molecule has 0 fully saturated rings. The molecule has 0 aliphatic carbocycles. The number of hydrogen-bond acceptors (Lipinski definition) is 12. The molecular formula is C46H55F3N12O4. The van der Waals surface area contributed by atoms with Crippen molar-refractivity contribution in [1.82, 2.24) is 39.3 Å². The van der Waals surface area contributed by atoms with Gasteiger partial charge in [-0.3, -0.25) is 23.7 Å². The van der Waals surface area contributed by atoms with Crippen molar-refractivity contribution in [3.63, 3.8) is 0 Å². The molecule has 65 heavy (non-hydrogen) atoms. The fourth-order valence-electron chi connectivity index (χ4n) is 5.95. The topological polar surface area (TPSA) is 231 Å². The van der Waals surface area contributed by atoms with E-state index in [9.17, 15) is 23.6 Å². The number of nitriles is 2. The van der Waals surface area contributed by atoms with Crippen LogP contribution in [0.15, 0.2) is 73.1 Å². The summed E-state index contributed by atoms with van der Waals surface area (Å²) < 4.78 is 79.4. The van der Waals surface area contributed by atoms with Gasteiger partial charge in [0.25, 0.3) is 11.8 Å². The third-order valence-electron chi connectivity index (χ3n) is 9.15. The molecule has 0 saturated carbocycles. The smallest absolute Gasteiger partial charge is 0.254 e. The lowest BCUT2D eigenvalue weighted by Gasteiger charge is -2.22. The van der Waals surface area contributed by atoms with E-state index in [1.807, 2.05) is 27.7 Å². The zero-order valence-corrected chi connectivity index (χ0v) is 36.0. The third-order valence-corrected chi connectivity index (χ3v) is 9.15. The summed E-state index contributed by atoms with van der Waals surface area (Å²) in [7, 11) is 3.03. The maximum absolute atomic E-state index is 14.1. The van der Waals surface area contributed by atoms with Crippen LogP contribution >= 0.6 is 0 Å². The average molecular weight is 903 g/mol. The highest BCUT2D eigenvalue weighted by molar-refractivity contribution is 5.96. The number of hydrogen-bond donors (Lipinski definition) is 3. The number of amides is 2. The van der Waals surface area contributed by atoms with Gasteiger partial charge in [0.05, 0.1) is 24.5 Å². The number of carbonyl (C=O) groups excluding carboxylic acids is 2. The number of ether oxygens (including phenoxy) is 1. The lowest BCUT2D eigenvalue weighted by molar-refractivity contribution is 0.0773. The van der Waals surface area contributed by atoms with Gasteiger partial charge in [0, 0.05) is 65.4 Å². The molecule has 1 atom stereocenters. The van der Waals surface area contributed by atoms with Crippen LogP contribution in [0.1, 0.15) is 114 Å². The van der Waals surface area contributed by atoms with Crippen molar-refractivity contribution < 1.29 is 41.1 Å². The number of halogens is 3. The van der Waals surface area contributed by atoms with Crippen LogP contribution in [-0.2, 0) is 27.0 Å². The first-order valence-corrected chi connectivity index (χ1v) is 19.0. The summed E-state index contributed by atoms with van der Waals surface area (Å²) in [4.78, 5) is 36.3. The number of anilines is 2. The van der Waals surface area contributed by atoms with Crippen molar-refractivity contribution in [2.45, 2.75) is 67.2 Å². The Labute approximate surface area is 385 Å². The highest BCUT2D eigenvalue weighted by atomic mass is 19.1. The van der Waals surface area contributed by atoms with Gasteiger partial charge < -0.3 is 31.1 Å². The van der Waals surface area contributed by atoms with Gasteiger partial charge in [-0.1, -0.05) is 21.3 Å². The van der Waals surface area contributed by atoms with E-state index < -0.39 is 37.6 Å². The highest BCUT2D eigenvalue weighted by Crippen LogP contribution is 2.30. The van der Waals surface area contributed by atoms with Gasteiger partial charge in [0.15, 0.2) is 23.1 Å². The Hall–Kier alpha value is -7.93. The van der Waals surface area contributed by atoms with E-state index in [1.165, 1.54) is 66.4 Å². The van der Waals surface area contributed by atoms with Crippen LogP contribution < -0.4 is 16.2 Å². The van der Waals surface area contributed by atoms with E-state index in [4.69, 9.17) is 34.8 Å². The monoisotopic (exact) mass is 902 g/mol. The molecule has 5 N–H and O–H groups in total. The van der Waals surface area contributed by atoms with Crippen molar-refractivity contribution in [2.75, 3.05) is 25.6 Å². The molecule has 344 valence electrons. The standard InChI is InChI=1S/C22H23FN6O2.C17H19FN4O.C6H8N2O.CH4.FH/c1-13-7-20(21(25)26-11-13)31-14(2)19-8-15(23)5-6-18(19)22(30)28(3)12-16-9-17(10-24)29(4)27-16;1-11(2)16-7-12(18)5-6-15(16)17(23)21(3)10-13-8-14(9-19)22(4)20-13;1-4-2-5(9)6(7)8-3-4;;/h5-9,11,14H,12H2,1-4H3,(H2,25,26);5-8,11H,10H2,1-4H3;2-3,9H,1H3,(H2,7,8);1H4;1H/t14-;;;;/m1..../s1/i2*4D3;;;. The SMILES string of the molecule is C.Cc1cnc(N)c(O)c1.F.[2H]C([2H])([2H])n1nc(CN(C)C(=O)c2ccc(F)cc2C(C)C)cc1C#N.[2H]C([2H])([2H])n1nc(CN(C)C(=O)c2ccc(F)cc2[C@@H](C)Oc2cc(C)cnc2N)cc1C#N. The van der Waals surface area contributed by atoms with Crippen LogP contribution in [0.4, 0.5) is 25.1 Å². The van der Waals surface area contributed by atoms with Crippen LogP contribution in [0.3, 0.4) is 0 Å². The predicted octanol–water partition coefficient (Wildman–Crippen LogP) is 7.42. The Bertz CT molecular complexity index is 2910. The summed E-state index contributed by atoms with van der Waals surface area (Å²) in [6, 6.07) is 17.2. The van der Waals surface area contributed by atoms with Gasteiger partial charge in [-0.15, -0.1) is 0 Å². The quantitative estimate of drug-likeness (QED) is 0.122. The molecule has 4 heterocycles. The molecule has 16 nitrogen and oxygen atoms in total. The van der Waals surface area contributed by atoms with Gasteiger partial charge in [-0.25, -0.2) is 18.7 Å². The van der Waals surface area contributed by atoms with Gasteiger partial charge in [-0.2, -0.15) is 20.7 Å². The molecule has 2 amide bonds. The number of aromatic hydroxyl groups is 1. The Morgan fingerprint density at radius 2 is 1.23 bits per heavy atom. The predicted molar refractivity (Wildman–Crippen MR) is 241 cm³/mol. The van der Waals surface area contributed by atoms with Crippen molar-refractivity contribution in [1.29, 1.82) is 10.5 Å². The summed E-state index contributed by atoms with van der Waals surface area (Å²) in [5, 5.41) is 35.0. The Morgan fingerprint density at radius 3 is 1.65 bits per heavy atom. The summed E-state index contributed by atoms with van der Waals surface area (Å²) in [6.45, 7) is 3.79. The number of aryl methyl sites for hydroxylation is 4. The van der Waals surface area contributed by atoms with Crippen LogP contribution in [0.25, 0.3) is 0 Å². The number of pyridine rings is 2. The van der Waals surface area contributed by atoms with Gasteiger partial charge >= 0.3 is 0 Å². The minimum absolute atomic E-state index is 0. The molecular weight excluding hydrogens is 842 g/mol. The zero-order valence-electron chi connectivity index (χ0n) is 42.0. The van der Waals surface area contributed by atoms with Crippen molar-refractivity contribution >= 4 is 23.5 Å². The molecule has 6 aromatic rings. The average Bonchev–Trinajstić information content (AvgIpc) is 3.90. The van der Waals surface area contributed by atoms with E-state index in [-0.39, 0.29) is 82.8 Å². The van der Waals surface area contributed by atoms with Crippen LogP contribution in [0.2, 0.25) is 0 Å². The molecule has 0 bridgehead atoms. The summed E-state index contributed by atoms with van der Waals surface area (Å²) in [5.74, 6) is -1.11. The van der Waals surface area contributed by atoms with E-state index in [0.717, 1.165) is 17.2 Å². The van der Waals surface area contributed by atoms with Gasteiger partial charge in [0.1, 0.15) is 41.3 Å². The molecule has 0 spiro atoms. The van der Waals surface area contributed by atoms with E-state index in [1.54, 1.807) is 43.6 Å². The summed E-state index contributed by atoms with van der Waals surface area (Å²) in [5.41, 5.74) is 14.5. The van der Waals surface area contributed by atoms with E-state index >= 15 is 0 Å². The number of rotatable bonds is 10. The molecule has 19 heteroatoms. The lowest BCUT2D eigenvalue weighted by atomic mass is 9.96. The number of carbonyl (C=O) groups is 2. The number of benzene rings is 2. The zero-order chi connectivity index (χ0) is 51.7. The van der Waals surface area contributed by atoms with Crippen molar-refractivity contribution in [3.8, 4) is 23.6 Å². The van der Waals surface area contributed by atoms with Crippen LogP contribution in [-0.4, -0.2) is 70.3 Å². The number of nitrogens with two attached hydrogens (primary N) is 2. The normalized spacial score (nSPS) is 12.4. The largest absolute Gasteiger partial charge is 0.504 e. The highest BCUT2D eigenvalue weighted by Gasteiger charge is 2.23. The molecule has 0 aliphatic rings. The van der Waals surface area contributed by atoms with Gasteiger partial charge in [0.2, 0.25) is 0 Å². The molecule has 0 saturated heterocycles. The minimum atomic E-state index is -2.63. The Kier molecular flexibility index (Phi) is 15.8. The number of aromatic nitrogens is 6. The first-order valence-electron chi connectivity index (χ1n) is 22.0. The second-order valence-corrected chi connectivity index (χ2v) is 14.6. The molecule has 4 aromatic heterocycles. The Balaban J connectivity index is 0.000000412. The second-order valence-electron chi connectivity index (χ2n) is 14.6. The fraction of sp³-hybridized carbons (Fsp3) is 0.304. The molecule has 6 rings (SSSR count). The van der Waals surface area contributed by atoms with E-state index in [2.05, 4.69) is 20.2 Å². The number of nitrogen functional groups attached to an aromatic ring is 2. The van der Waals surface area contributed by atoms with Crippen LogP contribution in [0, 0.1) is 48.1 Å². The van der Waals surface area contributed by atoms with Crippen LogP contribution in [0.5, 0.6) is 11.5 Å². The summed E-state index contributed by atoms with van der Waals surface area (Å²) >= 11 is 0.